The zero-order valence-corrected chi connectivity index (χ0v) is 17.2. The van der Waals surface area contributed by atoms with Gasteiger partial charge in [-0.3, -0.25) is 0 Å². The zero-order valence-electron chi connectivity index (χ0n) is 16.4. The van der Waals surface area contributed by atoms with Gasteiger partial charge in [-0.1, -0.05) is 43.3 Å². The molecule has 2 aromatic carbocycles. The standard InChI is InChI=1S/C23H32O2S/c1-4-23(2,3)25-19-11-6-5-10-18-24-20-14-16-22(17-15-20)26-21-12-8-7-9-13-21/h7-9,12-17H,4-6,10-11,18-19H2,1-3H3. The monoisotopic (exact) mass is 372 g/mol. The van der Waals surface area contributed by atoms with Gasteiger partial charge in [0.2, 0.25) is 0 Å². The molecule has 0 aliphatic heterocycles. The smallest absolute Gasteiger partial charge is 0.119 e. The summed E-state index contributed by atoms with van der Waals surface area (Å²) in [7, 11) is 0. The van der Waals surface area contributed by atoms with Crippen LogP contribution in [-0.4, -0.2) is 18.8 Å². The minimum atomic E-state index is 0.0219. The summed E-state index contributed by atoms with van der Waals surface area (Å²) in [5.74, 6) is 0.954. The first-order valence-electron chi connectivity index (χ1n) is 9.69. The molecule has 2 rings (SSSR count). The van der Waals surface area contributed by atoms with Crippen molar-refractivity contribution >= 4 is 11.8 Å². The number of ether oxygens (including phenoxy) is 2. The van der Waals surface area contributed by atoms with E-state index in [4.69, 9.17) is 9.47 Å². The van der Waals surface area contributed by atoms with Crippen molar-refractivity contribution in [2.24, 2.45) is 0 Å². The Morgan fingerprint density at radius 3 is 2.04 bits per heavy atom. The van der Waals surface area contributed by atoms with Crippen LogP contribution in [0, 0.1) is 0 Å². The molecule has 0 radical (unpaired) electrons. The van der Waals surface area contributed by atoms with E-state index >= 15 is 0 Å². The first-order chi connectivity index (χ1) is 12.6. The fourth-order valence-corrected chi connectivity index (χ4v) is 3.26. The molecule has 0 aliphatic rings. The van der Waals surface area contributed by atoms with Crippen molar-refractivity contribution in [1.82, 2.24) is 0 Å². The normalized spacial score (nSPS) is 11.5. The first kappa shape index (κ1) is 20.9. The highest BCUT2D eigenvalue weighted by Gasteiger charge is 2.14. The van der Waals surface area contributed by atoms with E-state index in [9.17, 15) is 0 Å². The molecule has 0 bridgehead atoms. The van der Waals surface area contributed by atoms with Crippen molar-refractivity contribution in [2.75, 3.05) is 13.2 Å². The maximum Gasteiger partial charge on any atom is 0.119 e. The molecule has 0 saturated carbocycles. The Kier molecular flexibility index (Phi) is 9.07. The van der Waals surface area contributed by atoms with Crippen LogP contribution in [0.2, 0.25) is 0 Å². The lowest BCUT2D eigenvalue weighted by atomic mass is 10.1. The van der Waals surface area contributed by atoms with Crippen molar-refractivity contribution in [3.8, 4) is 5.75 Å². The molecule has 0 aromatic heterocycles. The fourth-order valence-electron chi connectivity index (χ4n) is 2.43. The van der Waals surface area contributed by atoms with Crippen LogP contribution >= 0.6 is 11.8 Å². The van der Waals surface area contributed by atoms with E-state index in [2.05, 4.69) is 69.3 Å². The first-order valence-corrected chi connectivity index (χ1v) is 10.5. The highest BCUT2D eigenvalue weighted by atomic mass is 32.2. The van der Waals surface area contributed by atoms with E-state index in [0.717, 1.165) is 38.2 Å². The van der Waals surface area contributed by atoms with Crippen molar-refractivity contribution in [3.63, 3.8) is 0 Å². The minimum absolute atomic E-state index is 0.0219. The second-order valence-electron chi connectivity index (χ2n) is 7.11. The predicted molar refractivity (Wildman–Crippen MR) is 111 cm³/mol. The summed E-state index contributed by atoms with van der Waals surface area (Å²) in [6, 6.07) is 18.8. The van der Waals surface area contributed by atoms with Gasteiger partial charge in [-0.15, -0.1) is 0 Å². The molecule has 0 heterocycles. The lowest BCUT2D eigenvalue weighted by Crippen LogP contribution is -2.23. The number of rotatable bonds is 12. The van der Waals surface area contributed by atoms with Gasteiger partial charge in [0.15, 0.2) is 0 Å². The van der Waals surface area contributed by atoms with Gasteiger partial charge in [-0.2, -0.15) is 0 Å². The van der Waals surface area contributed by atoms with Gasteiger partial charge in [0, 0.05) is 16.4 Å². The van der Waals surface area contributed by atoms with Crippen molar-refractivity contribution in [2.45, 2.75) is 68.3 Å². The Labute approximate surface area is 163 Å². The molecule has 2 aromatic rings. The van der Waals surface area contributed by atoms with Crippen LogP contribution in [0.25, 0.3) is 0 Å². The zero-order chi connectivity index (χ0) is 18.7. The van der Waals surface area contributed by atoms with Crippen LogP contribution in [0.1, 0.15) is 52.9 Å². The Morgan fingerprint density at radius 2 is 1.38 bits per heavy atom. The van der Waals surface area contributed by atoms with Crippen LogP contribution < -0.4 is 4.74 Å². The number of unbranched alkanes of at least 4 members (excludes halogenated alkanes) is 3. The summed E-state index contributed by atoms with van der Waals surface area (Å²) in [6.07, 6.45) is 5.68. The molecule has 0 unspecified atom stereocenters. The van der Waals surface area contributed by atoms with Gasteiger partial charge in [0.1, 0.15) is 5.75 Å². The van der Waals surface area contributed by atoms with Gasteiger partial charge in [0.25, 0.3) is 0 Å². The van der Waals surface area contributed by atoms with E-state index in [1.165, 1.54) is 22.6 Å². The summed E-state index contributed by atoms with van der Waals surface area (Å²) in [5.41, 5.74) is 0.0219. The fraction of sp³-hybridized carbons (Fsp3) is 0.478. The largest absolute Gasteiger partial charge is 0.494 e. The van der Waals surface area contributed by atoms with Gasteiger partial charge in [-0.05, 0) is 75.9 Å². The Balaban J connectivity index is 1.56. The lowest BCUT2D eigenvalue weighted by Gasteiger charge is -2.23. The minimum Gasteiger partial charge on any atom is -0.494 e. The molecule has 0 saturated heterocycles. The maximum absolute atomic E-state index is 5.88. The topological polar surface area (TPSA) is 18.5 Å². The van der Waals surface area contributed by atoms with E-state index in [0.29, 0.717) is 0 Å². The number of benzene rings is 2. The highest BCUT2D eigenvalue weighted by molar-refractivity contribution is 7.99. The average molecular weight is 373 g/mol. The van der Waals surface area contributed by atoms with Crippen molar-refractivity contribution in [1.29, 1.82) is 0 Å². The second kappa shape index (κ2) is 11.3. The van der Waals surface area contributed by atoms with E-state index in [-0.39, 0.29) is 5.60 Å². The van der Waals surface area contributed by atoms with Crippen molar-refractivity contribution in [3.05, 3.63) is 54.6 Å². The van der Waals surface area contributed by atoms with E-state index in [1.54, 1.807) is 11.8 Å². The molecule has 2 nitrogen and oxygen atoms in total. The highest BCUT2D eigenvalue weighted by Crippen LogP contribution is 2.28. The second-order valence-corrected chi connectivity index (χ2v) is 8.26. The Bertz CT molecular complexity index is 608. The number of hydrogen-bond acceptors (Lipinski definition) is 3. The SMILES string of the molecule is CCC(C)(C)OCCCCCCOc1ccc(Sc2ccccc2)cc1. The lowest BCUT2D eigenvalue weighted by molar-refractivity contribution is -0.0217. The molecule has 0 spiro atoms. The van der Waals surface area contributed by atoms with Gasteiger partial charge in [0.05, 0.1) is 12.2 Å². The summed E-state index contributed by atoms with van der Waals surface area (Å²) >= 11 is 1.77. The molecule has 0 atom stereocenters. The summed E-state index contributed by atoms with van der Waals surface area (Å²) in [6.45, 7) is 8.13. The third-order valence-electron chi connectivity index (χ3n) is 4.45. The van der Waals surface area contributed by atoms with Crippen LogP contribution in [0.4, 0.5) is 0 Å². The van der Waals surface area contributed by atoms with Crippen molar-refractivity contribution < 1.29 is 9.47 Å². The molecular weight excluding hydrogens is 340 g/mol. The third-order valence-corrected chi connectivity index (χ3v) is 5.47. The Hall–Kier alpha value is -1.45. The van der Waals surface area contributed by atoms with Gasteiger partial charge in [-0.25, -0.2) is 0 Å². The quantitative estimate of drug-likeness (QED) is 0.374. The molecular formula is C23H32O2S. The molecule has 142 valence electrons. The molecule has 0 fully saturated rings. The van der Waals surface area contributed by atoms with E-state index < -0.39 is 0 Å². The summed E-state index contributed by atoms with van der Waals surface area (Å²) in [4.78, 5) is 2.49. The molecule has 0 aliphatic carbocycles. The van der Waals surface area contributed by atoms with Crippen LogP contribution in [0.5, 0.6) is 5.75 Å². The van der Waals surface area contributed by atoms with Gasteiger partial charge < -0.3 is 9.47 Å². The maximum atomic E-state index is 5.88. The van der Waals surface area contributed by atoms with Crippen LogP contribution in [0.3, 0.4) is 0 Å². The molecule has 3 heteroatoms. The number of hydrogen-bond donors (Lipinski definition) is 0. The average Bonchev–Trinajstić information content (AvgIpc) is 2.66. The summed E-state index contributed by atoms with van der Waals surface area (Å²) < 4.78 is 11.7. The summed E-state index contributed by atoms with van der Waals surface area (Å²) in [5, 5.41) is 0. The molecule has 0 amide bonds. The van der Waals surface area contributed by atoms with E-state index in [1.807, 2.05) is 6.07 Å². The molecule has 26 heavy (non-hydrogen) atoms. The van der Waals surface area contributed by atoms with Crippen LogP contribution in [0.15, 0.2) is 64.4 Å². The van der Waals surface area contributed by atoms with Gasteiger partial charge >= 0.3 is 0 Å². The molecule has 0 N–H and O–H groups in total. The Morgan fingerprint density at radius 1 is 0.769 bits per heavy atom. The predicted octanol–water partition coefficient (Wildman–Crippen LogP) is 6.98. The van der Waals surface area contributed by atoms with Crippen LogP contribution in [-0.2, 0) is 4.74 Å². The third kappa shape index (κ3) is 8.29.